The van der Waals surface area contributed by atoms with E-state index < -0.39 is 0 Å². The molecule has 0 fully saturated rings. The Hall–Kier alpha value is -0.120. The standard InChI is InChI=1S/C11H25NO2/c1-4-8-14-10-11(12-3)7-6-9-13-5-2/h11-12H,4-10H2,1-3H3. The van der Waals surface area contributed by atoms with E-state index in [9.17, 15) is 0 Å². The van der Waals surface area contributed by atoms with Gasteiger partial charge in [0.15, 0.2) is 0 Å². The third-order valence-corrected chi connectivity index (χ3v) is 2.12. The van der Waals surface area contributed by atoms with Crippen LogP contribution in [0, 0.1) is 0 Å². The molecule has 0 spiro atoms. The van der Waals surface area contributed by atoms with E-state index in [1.54, 1.807) is 0 Å². The molecule has 86 valence electrons. The summed E-state index contributed by atoms with van der Waals surface area (Å²) in [4.78, 5) is 0. The molecule has 0 aromatic rings. The zero-order valence-electron chi connectivity index (χ0n) is 9.84. The quantitative estimate of drug-likeness (QED) is 0.549. The number of ether oxygens (including phenoxy) is 2. The van der Waals surface area contributed by atoms with Crippen LogP contribution in [0.15, 0.2) is 0 Å². The summed E-state index contributed by atoms with van der Waals surface area (Å²) in [7, 11) is 1.99. The minimum Gasteiger partial charge on any atom is -0.382 e. The molecular weight excluding hydrogens is 178 g/mol. The first kappa shape index (κ1) is 13.9. The van der Waals surface area contributed by atoms with Crippen molar-refractivity contribution in [2.24, 2.45) is 0 Å². The Morgan fingerprint density at radius 2 is 1.93 bits per heavy atom. The summed E-state index contributed by atoms with van der Waals surface area (Å²) in [6.07, 6.45) is 3.32. The van der Waals surface area contributed by atoms with E-state index in [2.05, 4.69) is 12.2 Å². The van der Waals surface area contributed by atoms with E-state index in [0.717, 1.165) is 45.7 Å². The molecule has 1 N–H and O–H groups in total. The number of rotatable bonds is 10. The lowest BCUT2D eigenvalue weighted by Gasteiger charge is -2.15. The molecule has 14 heavy (non-hydrogen) atoms. The molecule has 0 amide bonds. The van der Waals surface area contributed by atoms with Crippen LogP contribution in [0.2, 0.25) is 0 Å². The van der Waals surface area contributed by atoms with Crippen LogP contribution in [0.5, 0.6) is 0 Å². The van der Waals surface area contributed by atoms with Gasteiger partial charge in [-0.2, -0.15) is 0 Å². The van der Waals surface area contributed by atoms with Crippen LogP contribution in [0.3, 0.4) is 0 Å². The zero-order chi connectivity index (χ0) is 10.6. The van der Waals surface area contributed by atoms with Gasteiger partial charge in [0.05, 0.1) is 6.61 Å². The highest BCUT2D eigenvalue weighted by atomic mass is 16.5. The Balaban J connectivity index is 3.28. The van der Waals surface area contributed by atoms with Gasteiger partial charge in [0.25, 0.3) is 0 Å². The maximum atomic E-state index is 5.49. The minimum absolute atomic E-state index is 0.474. The van der Waals surface area contributed by atoms with Gasteiger partial charge in [-0.05, 0) is 33.2 Å². The summed E-state index contributed by atoms with van der Waals surface area (Å²) >= 11 is 0. The summed E-state index contributed by atoms with van der Waals surface area (Å²) < 4.78 is 10.8. The van der Waals surface area contributed by atoms with Crippen LogP contribution >= 0.6 is 0 Å². The van der Waals surface area contributed by atoms with Crippen LogP contribution in [-0.2, 0) is 9.47 Å². The molecule has 0 radical (unpaired) electrons. The molecule has 0 aliphatic rings. The maximum Gasteiger partial charge on any atom is 0.0619 e. The molecule has 0 aliphatic carbocycles. The van der Waals surface area contributed by atoms with Crippen molar-refractivity contribution in [1.29, 1.82) is 0 Å². The second-order valence-electron chi connectivity index (χ2n) is 3.40. The van der Waals surface area contributed by atoms with Gasteiger partial charge in [-0.3, -0.25) is 0 Å². The fraction of sp³-hybridized carbons (Fsp3) is 1.00. The molecule has 0 heterocycles. The summed E-state index contributed by atoms with van der Waals surface area (Å²) in [6.45, 7) is 7.52. The van der Waals surface area contributed by atoms with E-state index in [1.165, 1.54) is 0 Å². The van der Waals surface area contributed by atoms with Gasteiger partial charge in [0.2, 0.25) is 0 Å². The molecule has 0 saturated carbocycles. The summed E-state index contributed by atoms with van der Waals surface area (Å²) in [5, 5.41) is 3.26. The minimum atomic E-state index is 0.474. The predicted octanol–water partition coefficient (Wildman–Crippen LogP) is 1.82. The van der Waals surface area contributed by atoms with Gasteiger partial charge in [0, 0.05) is 25.9 Å². The Morgan fingerprint density at radius 3 is 2.50 bits per heavy atom. The van der Waals surface area contributed by atoms with Gasteiger partial charge < -0.3 is 14.8 Å². The summed E-state index contributed by atoms with van der Waals surface area (Å²) in [6, 6.07) is 0.474. The van der Waals surface area contributed by atoms with Gasteiger partial charge in [0.1, 0.15) is 0 Å². The highest BCUT2D eigenvalue weighted by Crippen LogP contribution is 1.98. The average Bonchev–Trinajstić information content (AvgIpc) is 2.22. The van der Waals surface area contributed by atoms with Crippen molar-refractivity contribution in [2.45, 2.75) is 39.2 Å². The Bertz CT molecular complexity index is 109. The van der Waals surface area contributed by atoms with E-state index in [-0.39, 0.29) is 0 Å². The first-order valence-electron chi connectivity index (χ1n) is 5.67. The third kappa shape index (κ3) is 8.48. The predicted molar refractivity (Wildman–Crippen MR) is 59.7 cm³/mol. The SMILES string of the molecule is CCCOCC(CCCOCC)NC. The molecule has 0 aliphatic heterocycles. The second-order valence-corrected chi connectivity index (χ2v) is 3.40. The van der Waals surface area contributed by atoms with Crippen molar-refractivity contribution in [1.82, 2.24) is 5.32 Å². The average molecular weight is 203 g/mol. The Kier molecular flexibility index (Phi) is 10.9. The van der Waals surface area contributed by atoms with Crippen molar-refractivity contribution >= 4 is 0 Å². The summed E-state index contributed by atoms with van der Waals surface area (Å²) in [5.74, 6) is 0. The Labute approximate surface area is 88.2 Å². The van der Waals surface area contributed by atoms with Gasteiger partial charge in [-0.1, -0.05) is 6.92 Å². The molecule has 0 aromatic heterocycles. The van der Waals surface area contributed by atoms with Gasteiger partial charge >= 0.3 is 0 Å². The molecule has 0 saturated heterocycles. The molecule has 0 aromatic carbocycles. The molecule has 1 atom stereocenters. The number of likely N-dealkylation sites (N-methyl/N-ethyl adjacent to an activating group) is 1. The topological polar surface area (TPSA) is 30.5 Å². The molecular formula is C11H25NO2. The highest BCUT2D eigenvalue weighted by molar-refractivity contribution is 4.63. The molecule has 3 nitrogen and oxygen atoms in total. The first-order valence-corrected chi connectivity index (χ1v) is 5.67. The maximum absolute atomic E-state index is 5.49. The van der Waals surface area contributed by atoms with Crippen LogP contribution in [0.25, 0.3) is 0 Å². The fourth-order valence-corrected chi connectivity index (χ4v) is 1.26. The van der Waals surface area contributed by atoms with Crippen LogP contribution in [-0.4, -0.2) is 39.5 Å². The lowest BCUT2D eigenvalue weighted by Crippen LogP contribution is -2.30. The largest absolute Gasteiger partial charge is 0.382 e. The monoisotopic (exact) mass is 203 g/mol. The number of hydrogen-bond acceptors (Lipinski definition) is 3. The second kappa shape index (κ2) is 11.0. The lowest BCUT2D eigenvalue weighted by molar-refractivity contribution is 0.102. The van der Waals surface area contributed by atoms with Crippen molar-refractivity contribution in [3.05, 3.63) is 0 Å². The number of hydrogen-bond donors (Lipinski definition) is 1. The van der Waals surface area contributed by atoms with E-state index in [4.69, 9.17) is 9.47 Å². The van der Waals surface area contributed by atoms with Crippen LogP contribution < -0.4 is 5.32 Å². The van der Waals surface area contributed by atoms with Crippen molar-refractivity contribution in [3.8, 4) is 0 Å². The van der Waals surface area contributed by atoms with Crippen molar-refractivity contribution in [2.75, 3.05) is 33.5 Å². The molecule has 0 rings (SSSR count). The molecule has 1 unspecified atom stereocenters. The van der Waals surface area contributed by atoms with E-state index in [0.29, 0.717) is 6.04 Å². The molecule has 0 bridgehead atoms. The lowest BCUT2D eigenvalue weighted by atomic mass is 10.2. The van der Waals surface area contributed by atoms with Crippen molar-refractivity contribution in [3.63, 3.8) is 0 Å². The zero-order valence-corrected chi connectivity index (χ0v) is 9.84. The van der Waals surface area contributed by atoms with E-state index >= 15 is 0 Å². The summed E-state index contributed by atoms with van der Waals surface area (Å²) in [5.41, 5.74) is 0. The van der Waals surface area contributed by atoms with Crippen LogP contribution in [0.1, 0.15) is 33.1 Å². The number of nitrogens with one attached hydrogen (secondary N) is 1. The van der Waals surface area contributed by atoms with E-state index in [1.807, 2.05) is 14.0 Å². The normalized spacial score (nSPS) is 13.1. The van der Waals surface area contributed by atoms with Crippen LogP contribution in [0.4, 0.5) is 0 Å². The Morgan fingerprint density at radius 1 is 1.14 bits per heavy atom. The highest BCUT2D eigenvalue weighted by Gasteiger charge is 2.04. The van der Waals surface area contributed by atoms with Crippen molar-refractivity contribution < 1.29 is 9.47 Å². The smallest absolute Gasteiger partial charge is 0.0619 e. The van der Waals surface area contributed by atoms with Gasteiger partial charge in [-0.15, -0.1) is 0 Å². The van der Waals surface area contributed by atoms with Gasteiger partial charge in [-0.25, -0.2) is 0 Å². The third-order valence-electron chi connectivity index (χ3n) is 2.12. The molecule has 3 heteroatoms. The first-order chi connectivity index (χ1) is 6.85. The fourth-order valence-electron chi connectivity index (χ4n) is 1.26.